The summed E-state index contributed by atoms with van der Waals surface area (Å²) in [6.07, 6.45) is 0. The minimum Gasteiger partial charge on any atom is -0.497 e. The second kappa shape index (κ2) is 8.01. The number of thiocarbonyl (C=S) groups is 1. The van der Waals surface area contributed by atoms with Crippen molar-refractivity contribution < 1.29 is 14.3 Å². The monoisotopic (exact) mass is 368 g/mol. The molecule has 0 bridgehead atoms. The van der Waals surface area contributed by atoms with Gasteiger partial charge in [-0.1, -0.05) is 42.5 Å². The molecule has 0 unspecified atom stereocenters. The SMILES string of the molecule is COc1cccc([C@@H]2NC(=S)NC(C)=C2C(=O)OCc2ccccc2)c1. The molecule has 0 aromatic heterocycles. The van der Waals surface area contributed by atoms with Gasteiger partial charge in [-0.25, -0.2) is 4.79 Å². The fourth-order valence-electron chi connectivity index (χ4n) is 2.84. The number of hydrogen-bond acceptors (Lipinski definition) is 4. The van der Waals surface area contributed by atoms with E-state index in [9.17, 15) is 4.79 Å². The molecule has 6 heteroatoms. The van der Waals surface area contributed by atoms with Crippen LogP contribution in [0, 0.1) is 0 Å². The number of esters is 1. The van der Waals surface area contributed by atoms with Gasteiger partial charge in [-0.3, -0.25) is 0 Å². The number of hydrogen-bond donors (Lipinski definition) is 2. The molecule has 1 atom stereocenters. The maximum Gasteiger partial charge on any atom is 0.338 e. The zero-order valence-electron chi connectivity index (χ0n) is 14.6. The van der Waals surface area contributed by atoms with Crippen LogP contribution in [0.5, 0.6) is 5.75 Å². The number of nitrogens with one attached hydrogen (secondary N) is 2. The zero-order valence-corrected chi connectivity index (χ0v) is 15.4. The lowest BCUT2D eigenvalue weighted by Gasteiger charge is -2.30. The topological polar surface area (TPSA) is 59.6 Å². The van der Waals surface area contributed by atoms with E-state index in [1.165, 1.54) is 0 Å². The molecule has 1 heterocycles. The molecular weight excluding hydrogens is 348 g/mol. The lowest BCUT2D eigenvalue weighted by molar-refractivity contribution is -0.140. The van der Waals surface area contributed by atoms with E-state index in [2.05, 4.69) is 10.6 Å². The van der Waals surface area contributed by atoms with E-state index in [0.29, 0.717) is 22.1 Å². The molecule has 0 aliphatic carbocycles. The molecule has 1 aliphatic rings. The Balaban J connectivity index is 1.86. The van der Waals surface area contributed by atoms with Crippen molar-refractivity contribution in [1.82, 2.24) is 10.6 Å². The highest BCUT2D eigenvalue weighted by molar-refractivity contribution is 7.80. The number of methoxy groups -OCH3 is 1. The number of carbonyl (C=O) groups excluding carboxylic acids is 1. The Labute approximate surface area is 158 Å². The van der Waals surface area contributed by atoms with Crippen LogP contribution in [0.4, 0.5) is 0 Å². The highest BCUT2D eigenvalue weighted by Crippen LogP contribution is 2.29. The number of benzene rings is 2. The van der Waals surface area contributed by atoms with Crippen molar-refractivity contribution in [3.63, 3.8) is 0 Å². The van der Waals surface area contributed by atoms with E-state index in [1.54, 1.807) is 7.11 Å². The summed E-state index contributed by atoms with van der Waals surface area (Å²) in [5.74, 6) is 0.324. The summed E-state index contributed by atoms with van der Waals surface area (Å²) in [6, 6.07) is 16.7. The van der Waals surface area contributed by atoms with Crippen molar-refractivity contribution in [2.75, 3.05) is 7.11 Å². The molecule has 0 radical (unpaired) electrons. The van der Waals surface area contributed by atoms with Gasteiger partial charge in [0.05, 0.1) is 18.7 Å². The first-order valence-electron chi connectivity index (χ1n) is 8.22. The van der Waals surface area contributed by atoms with Crippen LogP contribution in [0.1, 0.15) is 24.1 Å². The summed E-state index contributed by atoms with van der Waals surface area (Å²) >= 11 is 5.26. The predicted molar refractivity (Wildman–Crippen MR) is 104 cm³/mol. The summed E-state index contributed by atoms with van der Waals surface area (Å²) in [6.45, 7) is 2.03. The first-order chi connectivity index (χ1) is 12.6. The van der Waals surface area contributed by atoms with Gasteiger partial charge in [-0.2, -0.15) is 0 Å². The fourth-order valence-corrected chi connectivity index (χ4v) is 3.11. The Bertz CT molecular complexity index is 849. The lowest BCUT2D eigenvalue weighted by Crippen LogP contribution is -2.45. The summed E-state index contributed by atoms with van der Waals surface area (Å²) in [5.41, 5.74) is 2.99. The minimum absolute atomic E-state index is 0.214. The number of rotatable bonds is 5. The Morgan fingerprint density at radius 3 is 2.65 bits per heavy atom. The number of ether oxygens (including phenoxy) is 2. The Morgan fingerprint density at radius 2 is 1.92 bits per heavy atom. The third-order valence-electron chi connectivity index (χ3n) is 4.13. The summed E-state index contributed by atoms with van der Waals surface area (Å²) in [4.78, 5) is 12.8. The van der Waals surface area contributed by atoms with Crippen LogP contribution in [-0.2, 0) is 16.1 Å². The molecule has 2 aromatic rings. The van der Waals surface area contributed by atoms with Gasteiger partial charge >= 0.3 is 5.97 Å². The van der Waals surface area contributed by atoms with Crippen molar-refractivity contribution in [3.8, 4) is 5.75 Å². The maximum absolute atomic E-state index is 12.8. The first kappa shape index (κ1) is 17.9. The van der Waals surface area contributed by atoms with Crippen LogP contribution in [0.2, 0.25) is 0 Å². The smallest absolute Gasteiger partial charge is 0.338 e. The molecule has 2 aromatic carbocycles. The third kappa shape index (κ3) is 4.03. The standard InChI is InChI=1S/C20H20N2O3S/c1-13-17(19(23)25-12-14-7-4-3-5-8-14)18(22-20(26)21-13)15-9-6-10-16(11-15)24-2/h3-11,18H,12H2,1-2H3,(H2,21,22,26)/t18-/m0/s1. The minimum atomic E-state index is -0.401. The van der Waals surface area contributed by atoms with Crippen molar-refractivity contribution >= 4 is 23.3 Å². The van der Waals surface area contributed by atoms with E-state index in [0.717, 1.165) is 11.1 Å². The molecule has 5 nitrogen and oxygen atoms in total. The summed E-state index contributed by atoms with van der Waals surface area (Å²) in [7, 11) is 1.61. The van der Waals surface area contributed by atoms with Crippen LogP contribution >= 0.6 is 12.2 Å². The first-order valence-corrected chi connectivity index (χ1v) is 8.62. The average Bonchev–Trinajstić information content (AvgIpc) is 2.66. The molecule has 0 spiro atoms. The van der Waals surface area contributed by atoms with Gasteiger partial charge < -0.3 is 20.1 Å². The average molecular weight is 368 g/mol. The van der Waals surface area contributed by atoms with Crippen LogP contribution < -0.4 is 15.4 Å². The molecule has 0 amide bonds. The van der Waals surface area contributed by atoms with Crippen molar-refractivity contribution in [2.24, 2.45) is 0 Å². The van der Waals surface area contributed by atoms with Gasteiger partial charge in [0.15, 0.2) is 5.11 Å². The summed E-state index contributed by atoms with van der Waals surface area (Å²) < 4.78 is 10.8. The number of carbonyl (C=O) groups is 1. The van der Waals surface area contributed by atoms with E-state index < -0.39 is 6.04 Å². The largest absolute Gasteiger partial charge is 0.497 e. The molecule has 3 rings (SSSR count). The second-order valence-electron chi connectivity index (χ2n) is 5.91. The van der Waals surface area contributed by atoms with E-state index >= 15 is 0 Å². The summed E-state index contributed by atoms with van der Waals surface area (Å²) in [5, 5.41) is 6.62. The van der Waals surface area contributed by atoms with Gasteiger partial charge in [-0.05, 0) is 42.4 Å². The molecule has 0 saturated heterocycles. The van der Waals surface area contributed by atoms with E-state index in [4.69, 9.17) is 21.7 Å². The number of allylic oxidation sites excluding steroid dienone is 1. The maximum atomic E-state index is 12.8. The molecule has 1 aliphatic heterocycles. The molecule has 134 valence electrons. The van der Waals surface area contributed by atoms with Gasteiger partial charge in [-0.15, -0.1) is 0 Å². The van der Waals surface area contributed by atoms with E-state index in [1.807, 2.05) is 61.5 Å². The van der Waals surface area contributed by atoms with Gasteiger partial charge in [0, 0.05) is 5.70 Å². The van der Waals surface area contributed by atoms with Crippen LogP contribution in [0.25, 0.3) is 0 Å². The highest BCUT2D eigenvalue weighted by Gasteiger charge is 2.31. The fraction of sp³-hybridized carbons (Fsp3) is 0.200. The third-order valence-corrected chi connectivity index (χ3v) is 4.35. The molecule has 0 fully saturated rings. The van der Waals surface area contributed by atoms with Crippen LogP contribution in [0.15, 0.2) is 65.9 Å². The Hall–Kier alpha value is -2.86. The lowest BCUT2D eigenvalue weighted by atomic mass is 9.95. The zero-order chi connectivity index (χ0) is 18.5. The van der Waals surface area contributed by atoms with Crippen LogP contribution in [-0.4, -0.2) is 18.2 Å². The predicted octanol–water partition coefficient (Wildman–Crippen LogP) is 3.23. The Kier molecular flexibility index (Phi) is 5.53. The van der Waals surface area contributed by atoms with E-state index in [-0.39, 0.29) is 12.6 Å². The van der Waals surface area contributed by atoms with Gasteiger partial charge in [0.2, 0.25) is 0 Å². The van der Waals surface area contributed by atoms with Gasteiger partial charge in [0.25, 0.3) is 0 Å². The molecule has 2 N–H and O–H groups in total. The quantitative estimate of drug-likeness (QED) is 0.624. The highest BCUT2D eigenvalue weighted by atomic mass is 32.1. The normalized spacial score (nSPS) is 16.5. The second-order valence-corrected chi connectivity index (χ2v) is 6.32. The van der Waals surface area contributed by atoms with Crippen molar-refractivity contribution in [2.45, 2.75) is 19.6 Å². The van der Waals surface area contributed by atoms with Crippen molar-refractivity contribution in [1.29, 1.82) is 0 Å². The Morgan fingerprint density at radius 1 is 1.15 bits per heavy atom. The van der Waals surface area contributed by atoms with Gasteiger partial charge in [0.1, 0.15) is 12.4 Å². The van der Waals surface area contributed by atoms with Crippen LogP contribution in [0.3, 0.4) is 0 Å². The van der Waals surface area contributed by atoms with Crippen molar-refractivity contribution in [3.05, 3.63) is 77.0 Å². The molecule has 26 heavy (non-hydrogen) atoms. The molecule has 0 saturated carbocycles. The molecular formula is C20H20N2O3S.